The summed E-state index contributed by atoms with van der Waals surface area (Å²) >= 11 is 0. The Kier molecular flexibility index (Phi) is 5.24. The van der Waals surface area contributed by atoms with Crippen molar-refractivity contribution in [3.05, 3.63) is 59.4 Å². The van der Waals surface area contributed by atoms with Gasteiger partial charge in [0.1, 0.15) is 5.82 Å². The van der Waals surface area contributed by atoms with Crippen molar-refractivity contribution in [2.75, 3.05) is 5.32 Å². The molecule has 28 heavy (non-hydrogen) atoms. The van der Waals surface area contributed by atoms with Gasteiger partial charge in [-0.1, -0.05) is 13.8 Å². The van der Waals surface area contributed by atoms with Crippen molar-refractivity contribution in [3.63, 3.8) is 0 Å². The van der Waals surface area contributed by atoms with Crippen LogP contribution in [0, 0.1) is 23.4 Å². The molecule has 0 radical (unpaired) electrons. The molecule has 2 aromatic rings. The van der Waals surface area contributed by atoms with E-state index in [-0.39, 0.29) is 16.5 Å². The fraction of sp³-hybridized carbons (Fsp3) is 0.316. The van der Waals surface area contributed by atoms with Gasteiger partial charge in [0.25, 0.3) is 5.91 Å². The van der Waals surface area contributed by atoms with E-state index in [9.17, 15) is 26.4 Å². The van der Waals surface area contributed by atoms with E-state index in [1.165, 1.54) is 0 Å². The van der Waals surface area contributed by atoms with Gasteiger partial charge in [-0.3, -0.25) is 4.79 Å². The van der Waals surface area contributed by atoms with Crippen molar-refractivity contribution < 1.29 is 26.4 Å². The van der Waals surface area contributed by atoms with Gasteiger partial charge >= 0.3 is 0 Å². The molecule has 0 aromatic heterocycles. The zero-order valence-corrected chi connectivity index (χ0v) is 16.0. The summed E-state index contributed by atoms with van der Waals surface area (Å²) in [6.45, 7) is 3.81. The average molecular weight is 412 g/mol. The van der Waals surface area contributed by atoms with Crippen LogP contribution < -0.4 is 10.0 Å². The Morgan fingerprint density at radius 1 is 1.00 bits per heavy atom. The zero-order valence-electron chi connectivity index (χ0n) is 15.2. The molecule has 0 heterocycles. The highest BCUT2D eigenvalue weighted by atomic mass is 32.2. The predicted molar refractivity (Wildman–Crippen MR) is 97.8 cm³/mol. The first-order chi connectivity index (χ1) is 13.0. The van der Waals surface area contributed by atoms with Crippen molar-refractivity contribution in [2.45, 2.75) is 37.1 Å². The maximum Gasteiger partial charge on any atom is 0.258 e. The van der Waals surface area contributed by atoms with Crippen LogP contribution in [-0.4, -0.2) is 19.9 Å². The molecule has 3 rings (SSSR count). The molecule has 1 fully saturated rings. The molecule has 0 aliphatic heterocycles. The number of hydrogen-bond acceptors (Lipinski definition) is 3. The lowest BCUT2D eigenvalue weighted by Gasteiger charge is -2.21. The van der Waals surface area contributed by atoms with Crippen molar-refractivity contribution in [3.8, 4) is 0 Å². The largest absolute Gasteiger partial charge is 0.322 e. The number of carbonyl (C=O) groups excluding carboxylic acids is 1. The van der Waals surface area contributed by atoms with Crippen LogP contribution in [0.15, 0.2) is 41.3 Å². The summed E-state index contributed by atoms with van der Waals surface area (Å²) in [6, 6.07) is 5.53. The topological polar surface area (TPSA) is 75.3 Å². The lowest BCUT2D eigenvalue weighted by molar-refractivity contribution is 0.102. The molecule has 150 valence electrons. The third-order valence-electron chi connectivity index (χ3n) is 4.90. The summed E-state index contributed by atoms with van der Waals surface area (Å²) in [6.07, 6.45) is 1.41. The highest BCUT2D eigenvalue weighted by molar-refractivity contribution is 7.89. The van der Waals surface area contributed by atoms with E-state index in [1.54, 1.807) is 0 Å². The van der Waals surface area contributed by atoms with Gasteiger partial charge in [0, 0.05) is 17.3 Å². The van der Waals surface area contributed by atoms with Gasteiger partial charge in [-0.15, -0.1) is 0 Å². The first kappa shape index (κ1) is 20.3. The summed E-state index contributed by atoms with van der Waals surface area (Å²) in [5, 5.41) is 2.22. The van der Waals surface area contributed by atoms with E-state index in [2.05, 4.69) is 10.0 Å². The highest BCUT2D eigenvalue weighted by Crippen LogP contribution is 2.43. The highest BCUT2D eigenvalue weighted by Gasteiger charge is 2.48. The number of amides is 1. The van der Waals surface area contributed by atoms with E-state index >= 15 is 0 Å². The van der Waals surface area contributed by atoms with Crippen LogP contribution in [0.2, 0.25) is 0 Å². The number of halogens is 3. The minimum atomic E-state index is -3.96. The number of hydrogen-bond donors (Lipinski definition) is 2. The predicted octanol–water partition coefficient (Wildman–Crippen LogP) is 3.82. The number of benzene rings is 2. The van der Waals surface area contributed by atoms with Crippen LogP contribution in [0.1, 0.15) is 37.0 Å². The number of carbonyl (C=O) groups is 1. The average Bonchev–Trinajstić information content (AvgIpc) is 3.38. The molecule has 1 amide bonds. The van der Waals surface area contributed by atoms with Crippen LogP contribution in [0.25, 0.3) is 0 Å². The molecule has 0 bridgehead atoms. The number of nitrogens with one attached hydrogen (secondary N) is 2. The molecule has 2 N–H and O–H groups in total. The SMILES string of the molecule is CC(C)C1(NS(=O)(=O)c2ccc(F)c(C(=O)Nc3ccc(F)c(F)c3)c2)CC1. The summed E-state index contributed by atoms with van der Waals surface area (Å²) < 4.78 is 68.3. The molecule has 1 saturated carbocycles. The smallest absolute Gasteiger partial charge is 0.258 e. The van der Waals surface area contributed by atoms with E-state index < -0.39 is 44.5 Å². The Morgan fingerprint density at radius 3 is 2.21 bits per heavy atom. The van der Waals surface area contributed by atoms with Crippen LogP contribution >= 0.6 is 0 Å². The summed E-state index contributed by atoms with van der Waals surface area (Å²) in [5.74, 6) is -4.11. The zero-order chi connectivity index (χ0) is 20.7. The van der Waals surface area contributed by atoms with E-state index in [0.717, 1.165) is 36.4 Å². The van der Waals surface area contributed by atoms with Gasteiger partial charge in [-0.05, 0) is 49.1 Å². The fourth-order valence-corrected chi connectivity index (χ4v) is 4.49. The Hall–Kier alpha value is -2.39. The number of anilines is 1. The second-order valence-corrected chi connectivity index (χ2v) is 8.82. The molecular weight excluding hydrogens is 393 g/mol. The first-order valence-corrected chi connectivity index (χ1v) is 10.1. The van der Waals surface area contributed by atoms with Crippen molar-refractivity contribution in [2.24, 2.45) is 5.92 Å². The monoisotopic (exact) mass is 412 g/mol. The molecular formula is C19H19F3N2O3S. The van der Waals surface area contributed by atoms with Gasteiger partial charge < -0.3 is 5.32 Å². The van der Waals surface area contributed by atoms with Crippen molar-refractivity contribution >= 4 is 21.6 Å². The minimum absolute atomic E-state index is 0.0823. The second kappa shape index (κ2) is 7.21. The molecule has 2 aromatic carbocycles. The standard InChI is InChI=1S/C19H19F3N2O3S/c1-11(2)19(7-8-19)24-28(26,27)13-4-6-15(20)14(10-13)18(25)23-12-3-5-16(21)17(22)9-12/h3-6,9-11,24H,7-8H2,1-2H3,(H,23,25). The second-order valence-electron chi connectivity index (χ2n) is 7.14. The Morgan fingerprint density at radius 2 is 1.64 bits per heavy atom. The van der Waals surface area contributed by atoms with E-state index in [0.29, 0.717) is 12.8 Å². The Balaban J connectivity index is 1.86. The maximum atomic E-state index is 14.1. The van der Waals surface area contributed by atoms with Crippen LogP contribution in [-0.2, 0) is 10.0 Å². The van der Waals surface area contributed by atoms with E-state index in [4.69, 9.17) is 0 Å². The third kappa shape index (κ3) is 4.05. The number of rotatable bonds is 6. The molecule has 0 atom stereocenters. The lowest BCUT2D eigenvalue weighted by Crippen LogP contribution is -2.40. The normalized spacial score (nSPS) is 15.5. The summed E-state index contributed by atoms with van der Waals surface area (Å²) in [5.41, 5.74) is -1.14. The molecule has 1 aliphatic rings. The first-order valence-electron chi connectivity index (χ1n) is 8.64. The fourth-order valence-electron chi connectivity index (χ4n) is 2.88. The molecule has 5 nitrogen and oxygen atoms in total. The van der Waals surface area contributed by atoms with Gasteiger partial charge in [0.15, 0.2) is 11.6 Å². The van der Waals surface area contributed by atoms with Crippen LogP contribution in [0.3, 0.4) is 0 Å². The van der Waals surface area contributed by atoms with Crippen LogP contribution in [0.4, 0.5) is 18.9 Å². The maximum absolute atomic E-state index is 14.1. The van der Waals surface area contributed by atoms with Crippen molar-refractivity contribution in [1.82, 2.24) is 4.72 Å². The summed E-state index contributed by atoms with van der Waals surface area (Å²) in [4.78, 5) is 12.1. The van der Waals surface area contributed by atoms with Gasteiger partial charge in [-0.25, -0.2) is 26.3 Å². The quantitative estimate of drug-likeness (QED) is 0.757. The Labute approximate surface area is 161 Å². The van der Waals surface area contributed by atoms with Crippen molar-refractivity contribution in [1.29, 1.82) is 0 Å². The molecule has 0 unspecified atom stereocenters. The molecule has 9 heteroatoms. The van der Waals surface area contributed by atoms with E-state index in [1.807, 2.05) is 13.8 Å². The Bertz CT molecular complexity index is 1030. The number of sulfonamides is 1. The third-order valence-corrected chi connectivity index (χ3v) is 6.45. The molecule has 1 aliphatic carbocycles. The molecule has 0 spiro atoms. The van der Waals surface area contributed by atoms with Crippen LogP contribution in [0.5, 0.6) is 0 Å². The summed E-state index contributed by atoms with van der Waals surface area (Å²) in [7, 11) is -3.96. The van der Waals surface area contributed by atoms with Gasteiger partial charge in [0.2, 0.25) is 10.0 Å². The lowest BCUT2D eigenvalue weighted by atomic mass is 10.0. The van der Waals surface area contributed by atoms with Gasteiger partial charge in [-0.2, -0.15) is 0 Å². The minimum Gasteiger partial charge on any atom is -0.322 e. The van der Waals surface area contributed by atoms with Gasteiger partial charge in [0.05, 0.1) is 10.5 Å². The molecule has 0 saturated heterocycles.